The molecule has 1 saturated heterocycles. The van der Waals surface area contributed by atoms with Crippen molar-refractivity contribution >= 4 is 34.6 Å². The molecular formula is C27H27FN8O2. The van der Waals surface area contributed by atoms with Gasteiger partial charge in [-0.3, -0.25) is 9.78 Å². The molecule has 38 heavy (non-hydrogen) atoms. The van der Waals surface area contributed by atoms with Gasteiger partial charge in [0.15, 0.2) is 0 Å². The summed E-state index contributed by atoms with van der Waals surface area (Å²) in [6.45, 7) is 0.745. The number of hydrogen-bond donors (Lipinski definition) is 4. The summed E-state index contributed by atoms with van der Waals surface area (Å²) in [5.41, 5.74) is 13.2. The number of halogens is 1. The second-order valence-electron chi connectivity index (χ2n) is 8.87. The van der Waals surface area contributed by atoms with E-state index in [1.807, 2.05) is 35.2 Å². The van der Waals surface area contributed by atoms with Crippen LogP contribution in [0, 0.1) is 0 Å². The molecule has 0 bridgehead atoms. The van der Waals surface area contributed by atoms with Gasteiger partial charge in [-0.2, -0.15) is 0 Å². The van der Waals surface area contributed by atoms with E-state index in [1.165, 1.54) is 6.20 Å². The van der Waals surface area contributed by atoms with E-state index >= 15 is 4.39 Å². The molecule has 4 aromatic rings. The number of carbonyl (C=O) groups is 1. The van der Waals surface area contributed by atoms with Gasteiger partial charge in [-0.15, -0.1) is 0 Å². The molecule has 0 radical (unpaired) electrons. The number of nitrogen functional groups attached to an aromatic ring is 1. The first-order valence-electron chi connectivity index (χ1n) is 12.1. The van der Waals surface area contributed by atoms with Crippen molar-refractivity contribution < 1.29 is 13.9 Å². The summed E-state index contributed by atoms with van der Waals surface area (Å²) < 4.78 is 21.0. The van der Waals surface area contributed by atoms with Gasteiger partial charge in [0.1, 0.15) is 29.3 Å². The van der Waals surface area contributed by atoms with Gasteiger partial charge < -0.3 is 31.7 Å². The Morgan fingerprint density at radius 2 is 1.89 bits per heavy atom. The van der Waals surface area contributed by atoms with E-state index in [1.54, 1.807) is 42.9 Å². The van der Waals surface area contributed by atoms with Crippen molar-refractivity contribution in [3.05, 3.63) is 84.9 Å². The number of primary amides is 1. The number of alkyl halides is 1. The standard InChI is InChI=1S/C27H27FN8O2/c28-22-16-36(26-8-3-17(29)13-33-26)11-9-23(22)35-24-12-25(32-15-21(24)27(30)37)34-18-4-6-19(7-5-18)38-20-2-1-10-31-14-20/h1-8,10,12-15,22-23H,9,11,16,29H2,(H2,30,37)(H2,32,34,35)/t22-,23+/m0/s1. The Kier molecular flexibility index (Phi) is 7.16. The smallest absolute Gasteiger partial charge is 0.252 e. The summed E-state index contributed by atoms with van der Waals surface area (Å²) >= 11 is 0. The van der Waals surface area contributed by atoms with Gasteiger partial charge in [0.05, 0.1) is 41.9 Å². The number of rotatable bonds is 8. The number of nitrogens with two attached hydrogens (primary N) is 2. The van der Waals surface area contributed by atoms with Crippen molar-refractivity contribution in [2.45, 2.75) is 18.6 Å². The van der Waals surface area contributed by atoms with E-state index in [2.05, 4.69) is 25.6 Å². The van der Waals surface area contributed by atoms with E-state index < -0.39 is 18.1 Å². The molecule has 0 unspecified atom stereocenters. The second-order valence-corrected chi connectivity index (χ2v) is 8.87. The maximum absolute atomic E-state index is 15.2. The number of nitrogens with one attached hydrogen (secondary N) is 2. The fourth-order valence-electron chi connectivity index (χ4n) is 4.20. The number of piperidine rings is 1. The lowest BCUT2D eigenvalue weighted by molar-refractivity contribution is 0.100. The van der Waals surface area contributed by atoms with Crippen LogP contribution < -0.4 is 31.7 Å². The molecule has 0 saturated carbocycles. The Morgan fingerprint density at radius 1 is 1.05 bits per heavy atom. The summed E-state index contributed by atoms with van der Waals surface area (Å²) in [5, 5.41) is 6.37. The number of amides is 1. The van der Waals surface area contributed by atoms with Crippen LogP contribution in [0.15, 0.2) is 79.4 Å². The van der Waals surface area contributed by atoms with Crippen LogP contribution in [0.25, 0.3) is 0 Å². The van der Waals surface area contributed by atoms with Gasteiger partial charge in [-0.25, -0.2) is 14.4 Å². The molecule has 5 rings (SSSR count). The highest BCUT2D eigenvalue weighted by Gasteiger charge is 2.30. The number of pyridine rings is 3. The molecule has 3 aromatic heterocycles. The van der Waals surface area contributed by atoms with Crippen LogP contribution in [0.1, 0.15) is 16.8 Å². The second kappa shape index (κ2) is 11.0. The zero-order chi connectivity index (χ0) is 26.5. The number of nitrogens with zero attached hydrogens (tertiary/aromatic N) is 4. The number of aromatic nitrogens is 3. The van der Waals surface area contributed by atoms with Gasteiger partial charge in [-0.05, 0) is 55.0 Å². The van der Waals surface area contributed by atoms with E-state index in [-0.39, 0.29) is 12.1 Å². The van der Waals surface area contributed by atoms with E-state index in [9.17, 15) is 4.79 Å². The quantitative estimate of drug-likeness (QED) is 0.273. The minimum absolute atomic E-state index is 0.157. The number of carbonyl (C=O) groups excluding carboxylic acids is 1. The largest absolute Gasteiger partial charge is 0.456 e. The Hall–Kier alpha value is -4.93. The summed E-state index contributed by atoms with van der Waals surface area (Å²) in [5.74, 6) is 1.77. The van der Waals surface area contributed by atoms with E-state index in [0.29, 0.717) is 47.5 Å². The fourth-order valence-corrected chi connectivity index (χ4v) is 4.20. The van der Waals surface area contributed by atoms with Crippen LogP contribution in [-0.4, -0.2) is 46.2 Å². The SMILES string of the molecule is NC(=O)c1cnc(Nc2ccc(Oc3cccnc3)cc2)cc1N[C@@H]1CCN(c2ccc(N)cn2)C[C@@H]1F. The average molecular weight is 515 g/mol. The summed E-state index contributed by atoms with van der Waals surface area (Å²) in [4.78, 5) is 26.5. The molecule has 0 spiro atoms. The summed E-state index contributed by atoms with van der Waals surface area (Å²) in [6.07, 6.45) is 5.53. The topological polar surface area (TPSA) is 144 Å². The van der Waals surface area contributed by atoms with Gasteiger partial charge in [0.2, 0.25) is 0 Å². The lowest BCUT2D eigenvalue weighted by atomic mass is 10.0. The van der Waals surface area contributed by atoms with Crippen molar-refractivity contribution in [1.82, 2.24) is 15.0 Å². The van der Waals surface area contributed by atoms with Crippen molar-refractivity contribution in [3.63, 3.8) is 0 Å². The third-order valence-electron chi connectivity index (χ3n) is 6.14. The predicted octanol–water partition coefficient (Wildman–Crippen LogP) is 4.12. The molecule has 1 aliphatic heterocycles. The van der Waals surface area contributed by atoms with E-state index in [0.717, 1.165) is 5.69 Å². The molecule has 4 heterocycles. The molecular weight excluding hydrogens is 487 g/mol. The lowest BCUT2D eigenvalue weighted by Gasteiger charge is -2.36. The molecule has 194 valence electrons. The Bertz CT molecular complexity index is 1390. The van der Waals surface area contributed by atoms with Gasteiger partial charge in [0.25, 0.3) is 5.91 Å². The zero-order valence-corrected chi connectivity index (χ0v) is 20.4. The number of ether oxygens (including phenoxy) is 1. The zero-order valence-electron chi connectivity index (χ0n) is 20.4. The third-order valence-corrected chi connectivity index (χ3v) is 6.14. The molecule has 11 heteroatoms. The molecule has 2 atom stereocenters. The summed E-state index contributed by atoms with van der Waals surface area (Å²) in [6, 6.07) is 15.6. The highest BCUT2D eigenvalue weighted by Crippen LogP contribution is 2.28. The van der Waals surface area contributed by atoms with Gasteiger partial charge >= 0.3 is 0 Å². The minimum atomic E-state index is -1.21. The average Bonchev–Trinajstić information content (AvgIpc) is 2.92. The molecule has 1 fully saturated rings. The van der Waals surface area contributed by atoms with Crippen molar-refractivity contribution in [2.24, 2.45) is 5.73 Å². The summed E-state index contributed by atoms with van der Waals surface area (Å²) in [7, 11) is 0. The number of hydrogen-bond acceptors (Lipinski definition) is 9. The van der Waals surface area contributed by atoms with Crippen molar-refractivity contribution in [3.8, 4) is 11.5 Å². The highest BCUT2D eigenvalue weighted by atomic mass is 19.1. The van der Waals surface area contributed by atoms with E-state index in [4.69, 9.17) is 16.2 Å². The van der Waals surface area contributed by atoms with Crippen LogP contribution in [0.2, 0.25) is 0 Å². The molecule has 10 nitrogen and oxygen atoms in total. The first kappa shape index (κ1) is 24.8. The maximum Gasteiger partial charge on any atom is 0.252 e. The minimum Gasteiger partial charge on any atom is -0.456 e. The first-order valence-corrected chi connectivity index (χ1v) is 12.1. The number of anilines is 5. The molecule has 1 aliphatic rings. The Morgan fingerprint density at radius 3 is 2.58 bits per heavy atom. The van der Waals surface area contributed by atoms with Gasteiger partial charge in [-0.1, -0.05) is 0 Å². The fraction of sp³-hybridized carbons (Fsp3) is 0.185. The normalized spacial score (nSPS) is 17.0. The highest BCUT2D eigenvalue weighted by molar-refractivity contribution is 5.98. The maximum atomic E-state index is 15.2. The van der Waals surface area contributed by atoms with Crippen molar-refractivity contribution in [1.29, 1.82) is 0 Å². The van der Waals surface area contributed by atoms with Crippen LogP contribution in [0.3, 0.4) is 0 Å². The molecule has 6 N–H and O–H groups in total. The first-order chi connectivity index (χ1) is 18.4. The molecule has 1 amide bonds. The predicted molar refractivity (Wildman–Crippen MR) is 145 cm³/mol. The van der Waals surface area contributed by atoms with Crippen LogP contribution in [0.4, 0.5) is 33.1 Å². The lowest BCUT2D eigenvalue weighted by Crippen LogP contribution is -2.48. The monoisotopic (exact) mass is 514 g/mol. The Labute approximate surface area is 218 Å². The van der Waals surface area contributed by atoms with Crippen LogP contribution in [0.5, 0.6) is 11.5 Å². The third kappa shape index (κ3) is 5.89. The van der Waals surface area contributed by atoms with Gasteiger partial charge in [0, 0.05) is 30.7 Å². The van der Waals surface area contributed by atoms with Crippen LogP contribution >= 0.6 is 0 Å². The Balaban J connectivity index is 1.26. The van der Waals surface area contributed by atoms with Crippen LogP contribution in [-0.2, 0) is 0 Å². The van der Waals surface area contributed by atoms with Crippen molar-refractivity contribution in [2.75, 3.05) is 34.4 Å². The number of benzene rings is 1. The molecule has 1 aromatic carbocycles. The molecule has 0 aliphatic carbocycles.